The van der Waals surface area contributed by atoms with Gasteiger partial charge in [0.05, 0.1) is 36.3 Å². The summed E-state index contributed by atoms with van der Waals surface area (Å²) < 4.78 is 45.5. The summed E-state index contributed by atoms with van der Waals surface area (Å²) in [5.41, 5.74) is 0.906. The van der Waals surface area contributed by atoms with E-state index >= 15 is 0 Å². The van der Waals surface area contributed by atoms with Crippen LogP contribution in [0.5, 0.6) is 5.75 Å². The summed E-state index contributed by atoms with van der Waals surface area (Å²) in [5, 5.41) is 14.3. The Morgan fingerprint density at radius 1 is 1.15 bits per heavy atom. The number of hydrogen-bond donors (Lipinski definition) is 2. The maximum atomic E-state index is 13.8. The van der Waals surface area contributed by atoms with Crippen LogP contribution in [0.1, 0.15) is 24.8 Å². The molecule has 0 unspecified atom stereocenters. The number of carbonyl (C=O) groups is 1. The van der Waals surface area contributed by atoms with E-state index in [1.165, 1.54) is 23.5 Å². The number of ether oxygens (including phenoxy) is 3. The third-order valence-corrected chi connectivity index (χ3v) is 10.2. The molecule has 1 saturated carbocycles. The van der Waals surface area contributed by atoms with Crippen LogP contribution < -0.4 is 10.1 Å². The number of aliphatic hydroxyl groups excluding tert-OH is 1. The van der Waals surface area contributed by atoms with Crippen LogP contribution in [-0.4, -0.2) is 99.6 Å². The number of carbonyl (C=O) groups excluding carboxylic acids is 1. The second-order valence-electron chi connectivity index (χ2n) is 11.1. The van der Waals surface area contributed by atoms with Crippen molar-refractivity contribution in [2.45, 2.75) is 61.0 Å². The first-order valence-corrected chi connectivity index (χ1v) is 15.3. The van der Waals surface area contributed by atoms with Gasteiger partial charge in [-0.1, -0.05) is 30.3 Å². The SMILES string of the molecule is COc1ccc(S(=O)(=O)N(C[C@@H](O)[C@H](Cc2ccccc2)NC(=O)O[C@H]2C[C@H]3CCO[C@H]3C2)C2CN(C)C2)cc1. The van der Waals surface area contributed by atoms with Gasteiger partial charge in [0, 0.05) is 32.7 Å². The normalized spacial score (nSPS) is 24.8. The zero-order valence-electron chi connectivity index (χ0n) is 23.0. The van der Waals surface area contributed by atoms with E-state index in [2.05, 4.69) is 5.32 Å². The molecule has 0 spiro atoms. The summed E-state index contributed by atoms with van der Waals surface area (Å²) in [7, 11) is -0.493. The van der Waals surface area contributed by atoms with Crippen molar-refractivity contribution in [1.82, 2.24) is 14.5 Å². The molecular formula is C29H39N3O7S. The number of alkyl carbamates (subject to hydrolysis) is 1. The molecule has 218 valence electrons. The number of sulfonamides is 1. The average Bonchev–Trinajstić information content (AvgIpc) is 3.52. The van der Waals surface area contributed by atoms with E-state index in [4.69, 9.17) is 14.2 Å². The summed E-state index contributed by atoms with van der Waals surface area (Å²) in [5.74, 6) is 0.970. The minimum atomic E-state index is -3.93. The fourth-order valence-corrected chi connectivity index (χ4v) is 7.61. The number of aliphatic hydroxyl groups is 1. The van der Waals surface area contributed by atoms with E-state index in [9.17, 15) is 18.3 Å². The van der Waals surface area contributed by atoms with Crippen LogP contribution in [0.3, 0.4) is 0 Å². The monoisotopic (exact) mass is 573 g/mol. The zero-order valence-corrected chi connectivity index (χ0v) is 23.8. The molecule has 2 aliphatic heterocycles. The largest absolute Gasteiger partial charge is 0.497 e. The third-order valence-electron chi connectivity index (χ3n) is 8.23. The molecule has 11 heteroatoms. The van der Waals surface area contributed by atoms with E-state index in [0.717, 1.165) is 25.0 Å². The molecule has 2 N–H and O–H groups in total. The molecule has 5 rings (SSSR count). The van der Waals surface area contributed by atoms with Crippen molar-refractivity contribution >= 4 is 16.1 Å². The minimum Gasteiger partial charge on any atom is -0.497 e. The van der Waals surface area contributed by atoms with Gasteiger partial charge >= 0.3 is 6.09 Å². The number of nitrogens with zero attached hydrogens (tertiary/aromatic N) is 2. The second-order valence-corrected chi connectivity index (χ2v) is 13.0. The van der Waals surface area contributed by atoms with Crippen LogP contribution in [0, 0.1) is 5.92 Å². The number of nitrogens with one attached hydrogen (secondary N) is 1. The second kappa shape index (κ2) is 12.4. The van der Waals surface area contributed by atoms with Gasteiger partial charge in [0.2, 0.25) is 10.0 Å². The van der Waals surface area contributed by atoms with Gasteiger partial charge in [-0.3, -0.25) is 0 Å². The minimum absolute atomic E-state index is 0.121. The first kappa shape index (κ1) is 28.8. The number of methoxy groups -OCH3 is 1. The lowest BCUT2D eigenvalue weighted by Gasteiger charge is -2.43. The quantitative estimate of drug-likeness (QED) is 0.421. The van der Waals surface area contributed by atoms with Gasteiger partial charge in [-0.25, -0.2) is 13.2 Å². The Balaban J connectivity index is 1.32. The Labute approximate surface area is 236 Å². The molecule has 10 nitrogen and oxygen atoms in total. The summed E-state index contributed by atoms with van der Waals surface area (Å²) in [6.45, 7) is 1.68. The van der Waals surface area contributed by atoms with Crippen LogP contribution in [0.15, 0.2) is 59.5 Å². The topological polar surface area (TPSA) is 118 Å². The molecule has 2 heterocycles. The van der Waals surface area contributed by atoms with Crippen LogP contribution in [0.25, 0.3) is 0 Å². The summed E-state index contributed by atoms with van der Waals surface area (Å²) >= 11 is 0. The predicted octanol–water partition coefficient (Wildman–Crippen LogP) is 2.27. The van der Waals surface area contributed by atoms with Crippen molar-refractivity contribution in [2.24, 2.45) is 5.92 Å². The number of benzene rings is 2. The molecule has 0 aromatic heterocycles. The molecule has 1 amide bonds. The van der Waals surface area contributed by atoms with Gasteiger partial charge in [-0.15, -0.1) is 0 Å². The number of likely N-dealkylation sites (N-methyl/N-ethyl adjacent to an activating group) is 1. The summed E-state index contributed by atoms with van der Waals surface area (Å²) in [6, 6.07) is 14.7. The molecule has 2 aromatic rings. The number of amides is 1. The van der Waals surface area contributed by atoms with E-state index < -0.39 is 28.3 Å². The Kier molecular flexibility index (Phi) is 8.96. The van der Waals surface area contributed by atoms with Gasteiger partial charge in [0.15, 0.2) is 0 Å². The predicted molar refractivity (Wildman–Crippen MR) is 149 cm³/mol. The lowest BCUT2D eigenvalue weighted by Crippen LogP contribution is -2.62. The Morgan fingerprint density at radius 3 is 2.52 bits per heavy atom. The maximum absolute atomic E-state index is 13.8. The van der Waals surface area contributed by atoms with Crippen molar-refractivity contribution in [3.63, 3.8) is 0 Å². The molecule has 0 bridgehead atoms. The third kappa shape index (κ3) is 6.60. The fourth-order valence-electron chi connectivity index (χ4n) is 5.99. The average molecular weight is 574 g/mol. The molecular weight excluding hydrogens is 534 g/mol. The van der Waals surface area contributed by atoms with Gasteiger partial charge in [-0.05, 0) is 62.1 Å². The standard InChI is InChI=1S/C29H39N3O7S/c1-31-17-22(18-31)32(40(35,36)25-10-8-23(37-2)9-11-25)19-27(33)26(14-20-6-4-3-5-7-20)30-29(34)39-24-15-21-12-13-38-28(21)16-24/h3-11,21-22,24,26-28,33H,12-19H2,1-2H3,(H,30,34)/t21-,24+,26+,27-,28+/m1/s1. The lowest BCUT2D eigenvalue weighted by atomic mass is 10.0. The smallest absolute Gasteiger partial charge is 0.407 e. The van der Waals surface area contributed by atoms with E-state index in [1.54, 1.807) is 12.1 Å². The van der Waals surface area contributed by atoms with Crippen LogP contribution in [0.4, 0.5) is 4.79 Å². The van der Waals surface area contributed by atoms with E-state index in [1.807, 2.05) is 42.3 Å². The molecule has 3 fully saturated rings. The lowest BCUT2D eigenvalue weighted by molar-refractivity contribution is 0.0424. The molecule has 40 heavy (non-hydrogen) atoms. The first-order chi connectivity index (χ1) is 19.2. The van der Waals surface area contributed by atoms with Crippen LogP contribution in [0.2, 0.25) is 0 Å². The number of likely N-dealkylation sites (tertiary alicyclic amines) is 1. The molecule has 2 aromatic carbocycles. The van der Waals surface area contributed by atoms with Gasteiger partial charge < -0.3 is 29.5 Å². The molecule has 5 atom stereocenters. The number of hydrogen-bond acceptors (Lipinski definition) is 8. The Morgan fingerprint density at radius 2 is 1.88 bits per heavy atom. The van der Waals surface area contributed by atoms with Crippen molar-refractivity contribution in [2.75, 3.05) is 40.4 Å². The Hall–Kier alpha value is -2.70. The highest BCUT2D eigenvalue weighted by Crippen LogP contribution is 2.37. The van der Waals surface area contributed by atoms with E-state index in [-0.39, 0.29) is 29.7 Å². The van der Waals surface area contributed by atoms with Gasteiger partial charge in [0.1, 0.15) is 11.9 Å². The highest BCUT2D eigenvalue weighted by Gasteiger charge is 2.42. The maximum Gasteiger partial charge on any atom is 0.407 e. The highest BCUT2D eigenvalue weighted by molar-refractivity contribution is 7.89. The highest BCUT2D eigenvalue weighted by atomic mass is 32.2. The molecule has 1 aliphatic carbocycles. The van der Waals surface area contributed by atoms with Crippen molar-refractivity contribution in [3.8, 4) is 5.75 Å². The molecule has 0 radical (unpaired) electrons. The summed E-state index contributed by atoms with van der Waals surface area (Å²) in [6.07, 6.45) is 0.854. The van der Waals surface area contributed by atoms with Crippen molar-refractivity contribution in [3.05, 3.63) is 60.2 Å². The zero-order chi connectivity index (χ0) is 28.3. The summed E-state index contributed by atoms with van der Waals surface area (Å²) in [4.78, 5) is 15.1. The van der Waals surface area contributed by atoms with Crippen molar-refractivity contribution < 1.29 is 32.5 Å². The molecule has 3 aliphatic rings. The van der Waals surface area contributed by atoms with Crippen LogP contribution in [-0.2, 0) is 25.9 Å². The van der Waals surface area contributed by atoms with Crippen LogP contribution >= 0.6 is 0 Å². The molecule has 2 saturated heterocycles. The first-order valence-electron chi connectivity index (χ1n) is 13.9. The van der Waals surface area contributed by atoms with Gasteiger partial charge in [-0.2, -0.15) is 4.31 Å². The number of fused-ring (bicyclic) bond motifs is 1. The Bertz CT molecular complexity index is 1230. The fraction of sp³-hybridized carbons (Fsp3) is 0.552. The van der Waals surface area contributed by atoms with Gasteiger partial charge in [0.25, 0.3) is 0 Å². The van der Waals surface area contributed by atoms with Crippen molar-refractivity contribution in [1.29, 1.82) is 0 Å². The number of rotatable bonds is 11. The van der Waals surface area contributed by atoms with E-state index in [0.29, 0.717) is 37.6 Å².